The summed E-state index contributed by atoms with van der Waals surface area (Å²) < 4.78 is 6.11. The largest absolute Gasteiger partial charge is 0.489 e. The Morgan fingerprint density at radius 3 is 2.88 bits per heavy atom. The average Bonchev–Trinajstić information content (AvgIpc) is 3.07. The summed E-state index contributed by atoms with van der Waals surface area (Å²) in [7, 11) is 0. The van der Waals surface area contributed by atoms with Crippen LogP contribution < -0.4 is 10.1 Å². The summed E-state index contributed by atoms with van der Waals surface area (Å²) in [6.45, 7) is 8.20. The Labute approximate surface area is 145 Å². The standard InChI is InChI=1S/C17H22N4O2S/c1-11-6-15(7-12(2)19-11)23-14-4-5-21(9-14)10-16-8-18-17(24-16)20-13(3)22/h6-8,14H,4-5,9-10H2,1-3H3,(H,18,20,22)/t14-/m1/s1. The molecule has 0 saturated carbocycles. The van der Waals surface area contributed by atoms with E-state index in [1.165, 1.54) is 18.3 Å². The number of amides is 1. The van der Waals surface area contributed by atoms with Crippen molar-refractivity contribution in [2.75, 3.05) is 18.4 Å². The van der Waals surface area contributed by atoms with E-state index >= 15 is 0 Å². The number of hydrogen-bond donors (Lipinski definition) is 1. The van der Waals surface area contributed by atoms with Crippen LogP contribution in [0.25, 0.3) is 0 Å². The van der Waals surface area contributed by atoms with Gasteiger partial charge >= 0.3 is 0 Å². The third-order valence-electron chi connectivity index (χ3n) is 3.80. The lowest BCUT2D eigenvalue weighted by atomic mass is 10.3. The van der Waals surface area contributed by atoms with Gasteiger partial charge in [-0.1, -0.05) is 0 Å². The van der Waals surface area contributed by atoms with E-state index in [4.69, 9.17) is 4.74 Å². The molecule has 0 radical (unpaired) electrons. The van der Waals surface area contributed by atoms with Crippen LogP contribution in [0.1, 0.15) is 29.6 Å². The minimum Gasteiger partial charge on any atom is -0.489 e. The predicted octanol–water partition coefficient (Wildman–Crippen LogP) is 2.77. The minimum atomic E-state index is -0.0894. The Morgan fingerprint density at radius 1 is 1.42 bits per heavy atom. The lowest BCUT2D eigenvalue weighted by Crippen LogP contribution is -2.24. The molecule has 3 rings (SSSR count). The highest BCUT2D eigenvalue weighted by Crippen LogP contribution is 2.24. The maximum Gasteiger partial charge on any atom is 0.223 e. The quantitative estimate of drug-likeness (QED) is 0.902. The number of pyridine rings is 1. The van der Waals surface area contributed by atoms with Gasteiger partial charge in [-0.25, -0.2) is 4.98 Å². The molecular weight excluding hydrogens is 324 g/mol. The molecule has 1 aliphatic rings. The van der Waals surface area contributed by atoms with Gasteiger partial charge in [-0.05, 0) is 20.3 Å². The number of carbonyl (C=O) groups excluding carboxylic acids is 1. The lowest BCUT2D eigenvalue weighted by molar-refractivity contribution is -0.114. The van der Waals surface area contributed by atoms with Crippen molar-refractivity contribution < 1.29 is 9.53 Å². The number of nitrogens with one attached hydrogen (secondary N) is 1. The summed E-state index contributed by atoms with van der Waals surface area (Å²) >= 11 is 1.52. The summed E-state index contributed by atoms with van der Waals surface area (Å²) in [6.07, 6.45) is 3.05. The van der Waals surface area contributed by atoms with Gasteiger partial charge in [0.25, 0.3) is 0 Å². The molecule has 2 aromatic rings. The van der Waals surface area contributed by atoms with Gasteiger partial charge in [-0.2, -0.15) is 0 Å². The van der Waals surface area contributed by atoms with Crippen LogP contribution in [0.2, 0.25) is 0 Å². The maximum atomic E-state index is 11.1. The first-order chi connectivity index (χ1) is 11.5. The van der Waals surface area contributed by atoms with Crippen LogP contribution in [0.5, 0.6) is 5.75 Å². The highest BCUT2D eigenvalue weighted by Gasteiger charge is 2.24. The van der Waals surface area contributed by atoms with E-state index < -0.39 is 0 Å². The van der Waals surface area contributed by atoms with Crippen molar-refractivity contribution in [2.24, 2.45) is 0 Å². The van der Waals surface area contributed by atoms with Gasteiger partial charge in [0, 0.05) is 61.2 Å². The minimum absolute atomic E-state index is 0.0894. The predicted molar refractivity (Wildman–Crippen MR) is 94.4 cm³/mol. The topological polar surface area (TPSA) is 67.4 Å². The summed E-state index contributed by atoms with van der Waals surface area (Å²) in [5, 5.41) is 3.38. The number of aromatic nitrogens is 2. The van der Waals surface area contributed by atoms with Gasteiger partial charge in [0.15, 0.2) is 5.13 Å². The van der Waals surface area contributed by atoms with Crippen molar-refractivity contribution in [1.82, 2.24) is 14.9 Å². The Kier molecular flexibility index (Phi) is 5.11. The number of anilines is 1. The molecule has 0 aliphatic carbocycles. The molecule has 128 valence electrons. The Balaban J connectivity index is 1.53. The number of rotatable bonds is 5. The fourth-order valence-corrected chi connectivity index (χ4v) is 3.80. The summed E-state index contributed by atoms with van der Waals surface area (Å²) in [4.78, 5) is 23.2. The highest BCUT2D eigenvalue weighted by molar-refractivity contribution is 7.15. The summed E-state index contributed by atoms with van der Waals surface area (Å²) in [5.41, 5.74) is 1.96. The molecule has 0 unspecified atom stereocenters. The third kappa shape index (κ3) is 4.52. The number of nitrogens with zero attached hydrogens (tertiary/aromatic N) is 3. The molecule has 1 aliphatic heterocycles. The fraction of sp³-hybridized carbons (Fsp3) is 0.471. The monoisotopic (exact) mass is 346 g/mol. The lowest BCUT2D eigenvalue weighted by Gasteiger charge is -2.16. The van der Waals surface area contributed by atoms with Gasteiger partial charge in [0.05, 0.1) is 0 Å². The molecule has 0 aromatic carbocycles. The second-order valence-corrected chi connectivity index (χ2v) is 7.28. The van der Waals surface area contributed by atoms with E-state index in [-0.39, 0.29) is 12.0 Å². The Hall–Kier alpha value is -1.99. The van der Waals surface area contributed by atoms with Crippen molar-refractivity contribution in [2.45, 2.75) is 39.8 Å². The third-order valence-corrected chi connectivity index (χ3v) is 4.70. The van der Waals surface area contributed by atoms with Crippen LogP contribution in [-0.2, 0) is 11.3 Å². The summed E-state index contributed by atoms with van der Waals surface area (Å²) in [5.74, 6) is 0.811. The number of likely N-dealkylation sites (tertiary alicyclic amines) is 1. The molecule has 1 N–H and O–H groups in total. The molecule has 0 spiro atoms. The number of thiazole rings is 1. The first-order valence-electron chi connectivity index (χ1n) is 8.04. The molecule has 1 amide bonds. The molecule has 24 heavy (non-hydrogen) atoms. The van der Waals surface area contributed by atoms with Gasteiger partial charge in [0.1, 0.15) is 11.9 Å². The highest BCUT2D eigenvalue weighted by atomic mass is 32.1. The fourth-order valence-electron chi connectivity index (χ4n) is 2.90. The van der Waals surface area contributed by atoms with Crippen LogP contribution in [0.4, 0.5) is 5.13 Å². The van der Waals surface area contributed by atoms with Crippen molar-refractivity contribution in [3.05, 3.63) is 34.6 Å². The van der Waals surface area contributed by atoms with Gasteiger partial charge in [0.2, 0.25) is 5.91 Å². The maximum absolute atomic E-state index is 11.1. The molecular formula is C17H22N4O2S. The number of carbonyl (C=O) groups is 1. The summed E-state index contributed by atoms with van der Waals surface area (Å²) in [6, 6.07) is 3.97. The SMILES string of the molecule is CC(=O)Nc1ncc(CN2CC[C@@H](Oc3cc(C)nc(C)c3)C2)s1. The molecule has 6 nitrogen and oxygen atoms in total. The van der Waals surface area contributed by atoms with Gasteiger partial charge in [-0.3, -0.25) is 14.7 Å². The second-order valence-electron chi connectivity index (χ2n) is 6.16. The number of aryl methyl sites for hydroxylation is 2. The van der Waals surface area contributed by atoms with Crippen LogP contribution in [0, 0.1) is 13.8 Å². The normalized spacial score (nSPS) is 17.9. The molecule has 2 aromatic heterocycles. The zero-order chi connectivity index (χ0) is 17.1. The van der Waals surface area contributed by atoms with E-state index in [1.54, 1.807) is 0 Å². The van der Waals surface area contributed by atoms with E-state index in [9.17, 15) is 4.79 Å². The van der Waals surface area contributed by atoms with Crippen molar-refractivity contribution in [3.8, 4) is 5.75 Å². The van der Waals surface area contributed by atoms with Crippen LogP contribution in [-0.4, -0.2) is 40.0 Å². The van der Waals surface area contributed by atoms with Gasteiger partial charge in [-0.15, -0.1) is 11.3 Å². The van der Waals surface area contributed by atoms with Crippen molar-refractivity contribution in [3.63, 3.8) is 0 Å². The first-order valence-corrected chi connectivity index (χ1v) is 8.86. The van der Waals surface area contributed by atoms with E-state index in [2.05, 4.69) is 20.2 Å². The van der Waals surface area contributed by atoms with E-state index in [1.807, 2.05) is 32.2 Å². The first kappa shape index (κ1) is 16.9. The zero-order valence-electron chi connectivity index (χ0n) is 14.2. The number of ether oxygens (including phenoxy) is 1. The molecule has 1 saturated heterocycles. The molecule has 3 heterocycles. The van der Waals surface area contributed by atoms with Crippen LogP contribution >= 0.6 is 11.3 Å². The number of hydrogen-bond acceptors (Lipinski definition) is 6. The Morgan fingerprint density at radius 2 is 2.17 bits per heavy atom. The molecule has 0 bridgehead atoms. The smallest absolute Gasteiger partial charge is 0.223 e. The van der Waals surface area contributed by atoms with Crippen LogP contribution in [0.3, 0.4) is 0 Å². The van der Waals surface area contributed by atoms with Crippen molar-refractivity contribution >= 4 is 22.4 Å². The average molecular weight is 346 g/mol. The van der Waals surface area contributed by atoms with E-state index in [0.29, 0.717) is 5.13 Å². The molecule has 1 fully saturated rings. The molecule has 7 heteroatoms. The molecule has 1 atom stereocenters. The Bertz CT molecular complexity index is 711. The second kappa shape index (κ2) is 7.27. The zero-order valence-corrected chi connectivity index (χ0v) is 15.0. The van der Waals surface area contributed by atoms with E-state index in [0.717, 1.165) is 48.1 Å². The van der Waals surface area contributed by atoms with Crippen LogP contribution in [0.15, 0.2) is 18.3 Å². The van der Waals surface area contributed by atoms with Crippen molar-refractivity contribution in [1.29, 1.82) is 0 Å². The van der Waals surface area contributed by atoms with Gasteiger partial charge < -0.3 is 10.1 Å².